The summed E-state index contributed by atoms with van der Waals surface area (Å²) in [6.45, 7) is 7.40. The fourth-order valence-corrected chi connectivity index (χ4v) is 4.15. The Labute approximate surface area is 186 Å². The molecule has 0 saturated heterocycles. The highest BCUT2D eigenvalue weighted by Gasteiger charge is 2.22. The number of hydrogen-bond donors (Lipinski definition) is 1. The van der Waals surface area contributed by atoms with Crippen molar-refractivity contribution in [3.8, 4) is 0 Å². The zero-order valence-electron chi connectivity index (χ0n) is 18.8. The third-order valence-electron chi connectivity index (χ3n) is 6.32. The Hall–Kier alpha value is -3.23. The number of benzene rings is 1. The summed E-state index contributed by atoms with van der Waals surface area (Å²) in [5.74, 6) is 0.417. The molecule has 1 N–H and O–H groups in total. The third kappa shape index (κ3) is 4.66. The molecule has 1 atom stereocenters. The van der Waals surface area contributed by atoms with Crippen molar-refractivity contribution in [3.05, 3.63) is 68.9 Å². The number of amides is 1. The van der Waals surface area contributed by atoms with Gasteiger partial charge in [-0.15, -0.1) is 0 Å². The van der Waals surface area contributed by atoms with Gasteiger partial charge in [0.15, 0.2) is 0 Å². The molecule has 2 aromatic heterocycles. The fraction of sp³-hybridized carbons (Fsp3) is 0.478. The van der Waals surface area contributed by atoms with Crippen LogP contribution in [0.4, 0.5) is 4.39 Å². The largest absolute Gasteiger partial charge is 0.353 e. The van der Waals surface area contributed by atoms with Crippen molar-refractivity contribution in [1.82, 2.24) is 29.4 Å². The van der Waals surface area contributed by atoms with Crippen LogP contribution in [0.25, 0.3) is 0 Å². The molecular weight excluding hydrogens is 411 g/mol. The van der Waals surface area contributed by atoms with Gasteiger partial charge in [-0.25, -0.2) is 13.9 Å². The lowest BCUT2D eigenvalue weighted by molar-refractivity contribution is -0.122. The maximum Gasteiger partial charge on any atom is 0.346 e. The SMILES string of the molecule is Cc1nn(CCC(=O)NC2CCc3nn(Cc4ccc(F)cc4)c(=O)n3CC2)c(C)c1C. The highest BCUT2D eigenvalue weighted by Crippen LogP contribution is 2.14. The summed E-state index contributed by atoms with van der Waals surface area (Å²) in [5, 5.41) is 12.1. The molecule has 170 valence electrons. The molecule has 8 nitrogen and oxygen atoms in total. The van der Waals surface area contributed by atoms with E-state index in [-0.39, 0.29) is 23.5 Å². The zero-order valence-corrected chi connectivity index (χ0v) is 18.8. The Morgan fingerprint density at radius 2 is 1.88 bits per heavy atom. The van der Waals surface area contributed by atoms with Crippen molar-refractivity contribution in [2.24, 2.45) is 0 Å². The topological polar surface area (TPSA) is 86.7 Å². The normalized spacial score (nSPS) is 15.9. The zero-order chi connectivity index (χ0) is 22.8. The highest BCUT2D eigenvalue weighted by molar-refractivity contribution is 5.76. The predicted octanol–water partition coefficient (Wildman–Crippen LogP) is 2.27. The molecule has 0 radical (unpaired) electrons. The van der Waals surface area contributed by atoms with Gasteiger partial charge in [0.2, 0.25) is 5.91 Å². The first-order chi connectivity index (χ1) is 15.3. The van der Waals surface area contributed by atoms with Gasteiger partial charge in [0.1, 0.15) is 11.6 Å². The van der Waals surface area contributed by atoms with E-state index in [1.807, 2.05) is 25.5 Å². The number of carbonyl (C=O) groups excluding carboxylic acids is 1. The maximum atomic E-state index is 13.1. The maximum absolute atomic E-state index is 13.1. The molecule has 1 aliphatic rings. The second-order valence-electron chi connectivity index (χ2n) is 8.50. The van der Waals surface area contributed by atoms with Crippen LogP contribution in [-0.4, -0.2) is 36.1 Å². The van der Waals surface area contributed by atoms with Crippen molar-refractivity contribution in [2.75, 3.05) is 0 Å². The van der Waals surface area contributed by atoms with E-state index in [0.29, 0.717) is 38.9 Å². The van der Waals surface area contributed by atoms with Gasteiger partial charge in [-0.3, -0.25) is 14.0 Å². The summed E-state index contributed by atoms with van der Waals surface area (Å²) in [6.07, 6.45) is 2.40. The molecular formula is C23H29FN6O2. The molecule has 0 bridgehead atoms. The van der Waals surface area contributed by atoms with E-state index >= 15 is 0 Å². The molecule has 1 amide bonds. The molecule has 9 heteroatoms. The average molecular weight is 441 g/mol. The van der Waals surface area contributed by atoms with E-state index < -0.39 is 0 Å². The molecule has 1 aliphatic heterocycles. The molecule has 32 heavy (non-hydrogen) atoms. The summed E-state index contributed by atoms with van der Waals surface area (Å²) in [4.78, 5) is 25.3. The van der Waals surface area contributed by atoms with Crippen molar-refractivity contribution >= 4 is 5.91 Å². The number of aryl methyl sites for hydroxylation is 3. The quantitative estimate of drug-likeness (QED) is 0.637. The Morgan fingerprint density at radius 1 is 1.12 bits per heavy atom. The van der Waals surface area contributed by atoms with E-state index in [1.54, 1.807) is 16.7 Å². The van der Waals surface area contributed by atoms with Crippen LogP contribution in [-0.2, 0) is 30.8 Å². The second-order valence-corrected chi connectivity index (χ2v) is 8.50. The first-order valence-corrected chi connectivity index (χ1v) is 11.0. The van der Waals surface area contributed by atoms with Crippen LogP contribution in [0.15, 0.2) is 29.1 Å². The second kappa shape index (κ2) is 9.10. The first kappa shape index (κ1) is 22.0. The van der Waals surface area contributed by atoms with Gasteiger partial charge in [-0.2, -0.15) is 10.2 Å². The minimum absolute atomic E-state index is 0.00605. The Balaban J connectivity index is 1.33. The van der Waals surface area contributed by atoms with E-state index in [1.165, 1.54) is 16.8 Å². The molecule has 3 aromatic rings. The minimum atomic E-state index is -0.306. The van der Waals surface area contributed by atoms with Crippen LogP contribution in [0.3, 0.4) is 0 Å². The van der Waals surface area contributed by atoms with Gasteiger partial charge in [-0.05, 0) is 56.9 Å². The van der Waals surface area contributed by atoms with Gasteiger partial charge in [0.05, 0.1) is 12.2 Å². The molecule has 4 rings (SSSR count). The molecule has 0 fully saturated rings. The average Bonchev–Trinajstić information content (AvgIpc) is 3.09. The van der Waals surface area contributed by atoms with E-state index in [2.05, 4.69) is 15.5 Å². The number of hydrogen-bond acceptors (Lipinski definition) is 4. The van der Waals surface area contributed by atoms with Crippen LogP contribution >= 0.6 is 0 Å². The molecule has 1 aromatic carbocycles. The number of rotatable bonds is 6. The summed E-state index contributed by atoms with van der Waals surface area (Å²) >= 11 is 0. The number of halogens is 1. The monoisotopic (exact) mass is 440 g/mol. The Bertz CT molecular complexity index is 1170. The summed E-state index contributed by atoms with van der Waals surface area (Å²) in [7, 11) is 0. The molecule has 0 spiro atoms. The smallest absolute Gasteiger partial charge is 0.346 e. The number of nitrogens with zero attached hydrogens (tertiary/aromatic N) is 5. The van der Waals surface area contributed by atoms with Gasteiger partial charge in [0, 0.05) is 37.7 Å². The molecule has 0 aliphatic carbocycles. The number of aromatic nitrogens is 5. The third-order valence-corrected chi connectivity index (χ3v) is 6.32. The first-order valence-electron chi connectivity index (χ1n) is 11.0. The van der Waals surface area contributed by atoms with Crippen LogP contribution < -0.4 is 11.0 Å². The Kier molecular flexibility index (Phi) is 6.25. The molecule has 0 saturated carbocycles. The summed E-state index contributed by atoms with van der Waals surface area (Å²) in [6, 6.07) is 6.09. The highest BCUT2D eigenvalue weighted by atomic mass is 19.1. The van der Waals surface area contributed by atoms with Gasteiger partial charge in [0.25, 0.3) is 0 Å². The van der Waals surface area contributed by atoms with Crippen molar-refractivity contribution in [2.45, 2.75) is 72.1 Å². The Morgan fingerprint density at radius 3 is 2.56 bits per heavy atom. The van der Waals surface area contributed by atoms with Crippen molar-refractivity contribution in [1.29, 1.82) is 0 Å². The van der Waals surface area contributed by atoms with E-state index in [4.69, 9.17) is 0 Å². The number of carbonyl (C=O) groups is 1. The van der Waals surface area contributed by atoms with Crippen molar-refractivity contribution < 1.29 is 9.18 Å². The van der Waals surface area contributed by atoms with Crippen molar-refractivity contribution in [3.63, 3.8) is 0 Å². The van der Waals surface area contributed by atoms with Gasteiger partial charge < -0.3 is 5.32 Å². The lowest BCUT2D eigenvalue weighted by atomic mass is 10.1. The van der Waals surface area contributed by atoms with E-state index in [9.17, 15) is 14.0 Å². The standard InChI is InChI=1S/C23H29FN6O2/c1-15-16(2)26-29(17(15)3)13-11-22(31)25-20-8-9-21-27-30(23(32)28(21)12-10-20)14-18-4-6-19(24)7-5-18/h4-7,20H,8-14H2,1-3H3,(H,25,31). The van der Waals surface area contributed by atoms with Crippen LogP contribution in [0, 0.1) is 26.6 Å². The summed E-state index contributed by atoms with van der Waals surface area (Å²) < 4.78 is 18.1. The number of nitrogens with one attached hydrogen (secondary N) is 1. The lowest BCUT2D eigenvalue weighted by Gasteiger charge is -2.16. The minimum Gasteiger partial charge on any atom is -0.353 e. The van der Waals surface area contributed by atoms with Gasteiger partial charge in [-0.1, -0.05) is 12.1 Å². The summed E-state index contributed by atoms with van der Waals surface area (Å²) in [5.41, 5.74) is 3.90. The predicted molar refractivity (Wildman–Crippen MR) is 118 cm³/mol. The molecule has 3 heterocycles. The van der Waals surface area contributed by atoms with Crippen LogP contribution in [0.2, 0.25) is 0 Å². The van der Waals surface area contributed by atoms with Gasteiger partial charge >= 0.3 is 5.69 Å². The van der Waals surface area contributed by atoms with E-state index in [0.717, 1.165) is 34.8 Å². The number of fused-ring (bicyclic) bond motifs is 1. The lowest BCUT2D eigenvalue weighted by Crippen LogP contribution is -2.36. The fourth-order valence-electron chi connectivity index (χ4n) is 4.15. The molecule has 1 unspecified atom stereocenters. The van der Waals surface area contributed by atoms with Crippen LogP contribution in [0.1, 0.15) is 47.6 Å². The van der Waals surface area contributed by atoms with Crippen LogP contribution in [0.5, 0.6) is 0 Å².